The van der Waals surface area contributed by atoms with Crippen molar-refractivity contribution in [1.82, 2.24) is 4.98 Å². The van der Waals surface area contributed by atoms with Gasteiger partial charge < -0.3 is 9.72 Å². The minimum Gasteiger partial charge on any atom is -0.458 e. The number of benzene rings is 2. The Balaban J connectivity index is 1.63. The fraction of sp³-hybridized carbons (Fsp3) is 0.105. The zero-order chi connectivity index (χ0) is 15.4. The van der Waals surface area contributed by atoms with E-state index in [1.54, 1.807) is 6.08 Å². The molecule has 2 aromatic carbocycles. The summed E-state index contributed by atoms with van der Waals surface area (Å²) in [5.74, 6) is -0.339. The van der Waals surface area contributed by atoms with Crippen LogP contribution in [0.3, 0.4) is 0 Å². The first-order valence-corrected chi connectivity index (χ1v) is 7.19. The van der Waals surface area contributed by atoms with E-state index in [0.717, 1.165) is 27.7 Å². The SMILES string of the molecule is Cc1cc2cc(/C=C/C(=O)OCc3ccccc3)ccc2[nH]1. The molecule has 110 valence electrons. The third kappa shape index (κ3) is 3.44. The number of hydrogen-bond donors (Lipinski definition) is 1. The molecule has 0 bridgehead atoms. The third-order valence-electron chi connectivity index (χ3n) is 3.42. The first-order valence-electron chi connectivity index (χ1n) is 7.19. The van der Waals surface area contributed by atoms with Crippen LogP contribution in [0.15, 0.2) is 60.7 Å². The molecule has 0 fully saturated rings. The van der Waals surface area contributed by atoms with Crippen molar-refractivity contribution < 1.29 is 9.53 Å². The first kappa shape index (κ1) is 14.1. The van der Waals surface area contributed by atoms with Gasteiger partial charge in [-0.3, -0.25) is 0 Å². The maximum atomic E-state index is 11.7. The number of rotatable bonds is 4. The lowest BCUT2D eigenvalue weighted by atomic mass is 10.1. The molecule has 1 N–H and O–H groups in total. The number of aryl methyl sites for hydroxylation is 1. The van der Waals surface area contributed by atoms with E-state index in [1.165, 1.54) is 6.08 Å². The minimum atomic E-state index is -0.339. The molecule has 3 rings (SSSR count). The molecule has 0 aliphatic rings. The summed E-state index contributed by atoms with van der Waals surface area (Å²) < 4.78 is 5.21. The van der Waals surface area contributed by atoms with E-state index < -0.39 is 0 Å². The van der Waals surface area contributed by atoms with E-state index in [2.05, 4.69) is 11.1 Å². The van der Waals surface area contributed by atoms with Crippen molar-refractivity contribution in [3.8, 4) is 0 Å². The average molecular weight is 291 g/mol. The summed E-state index contributed by atoms with van der Waals surface area (Å²) in [5.41, 5.74) is 4.18. The van der Waals surface area contributed by atoms with Crippen molar-refractivity contribution in [1.29, 1.82) is 0 Å². The van der Waals surface area contributed by atoms with Crippen molar-refractivity contribution in [3.63, 3.8) is 0 Å². The second kappa shape index (κ2) is 6.31. The highest BCUT2D eigenvalue weighted by atomic mass is 16.5. The topological polar surface area (TPSA) is 42.1 Å². The molecule has 3 aromatic rings. The van der Waals surface area contributed by atoms with Crippen LogP contribution in [0.1, 0.15) is 16.8 Å². The van der Waals surface area contributed by atoms with Crippen molar-refractivity contribution in [2.75, 3.05) is 0 Å². The smallest absolute Gasteiger partial charge is 0.331 e. The van der Waals surface area contributed by atoms with E-state index in [0.29, 0.717) is 6.61 Å². The van der Waals surface area contributed by atoms with Crippen molar-refractivity contribution in [3.05, 3.63) is 77.5 Å². The van der Waals surface area contributed by atoms with Gasteiger partial charge in [0.2, 0.25) is 0 Å². The third-order valence-corrected chi connectivity index (χ3v) is 3.42. The number of fused-ring (bicyclic) bond motifs is 1. The molecule has 3 nitrogen and oxygen atoms in total. The standard InChI is InChI=1S/C19H17NO2/c1-14-11-17-12-15(7-9-18(17)20-14)8-10-19(21)22-13-16-5-3-2-4-6-16/h2-12,20H,13H2,1H3/b10-8+. The fourth-order valence-electron chi connectivity index (χ4n) is 2.34. The van der Waals surface area contributed by atoms with Gasteiger partial charge in [0.1, 0.15) is 6.61 Å². The number of aromatic amines is 1. The van der Waals surface area contributed by atoms with Crippen molar-refractivity contribution >= 4 is 22.9 Å². The molecule has 0 radical (unpaired) electrons. The Morgan fingerprint density at radius 3 is 2.77 bits per heavy atom. The Morgan fingerprint density at radius 2 is 1.95 bits per heavy atom. The summed E-state index contributed by atoms with van der Waals surface area (Å²) >= 11 is 0. The van der Waals surface area contributed by atoms with Gasteiger partial charge in [-0.2, -0.15) is 0 Å². The molecule has 1 aromatic heterocycles. The maximum Gasteiger partial charge on any atom is 0.331 e. The number of carbonyl (C=O) groups is 1. The molecule has 3 heteroatoms. The zero-order valence-electron chi connectivity index (χ0n) is 12.4. The van der Waals surface area contributed by atoms with Gasteiger partial charge in [0.15, 0.2) is 0 Å². The van der Waals surface area contributed by atoms with Crippen LogP contribution < -0.4 is 0 Å². The predicted octanol–water partition coefficient (Wildman–Crippen LogP) is 4.23. The van der Waals surface area contributed by atoms with Gasteiger partial charge in [0.25, 0.3) is 0 Å². The first-order chi connectivity index (χ1) is 10.7. The van der Waals surface area contributed by atoms with Crippen LogP contribution in [-0.2, 0) is 16.1 Å². The Kier molecular flexibility index (Phi) is 4.05. The number of nitrogens with one attached hydrogen (secondary N) is 1. The molecule has 1 heterocycles. The normalized spacial score (nSPS) is 11.1. The second-order valence-electron chi connectivity index (χ2n) is 5.23. The lowest BCUT2D eigenvalue weighted by molar-refractivity contribution is -0.138. The Hall–Kier alpha value is -2.81. The fourth-order valence-corrected chi connectivity index (χ4v) is 2.34. The van der Waals surface area contributed by atoms with Crippen LogP contribution in [-0.4, -0.2) is 11.0 Å². The van der Waals surface area contributed by atoms with Gasteiger partial charge in [-0.1, -0.05) is 36.4 Å². The predicted molar refractivity (Wildman–Crippen MR) is 88.3 cm³/mol. The van der Waals surface area contributed by atoms with Gasteiger partial charge in [-0.25, -0.2) is 4.79 Å². The minimum absolute atomic E-state index is 0.292. The Bertz CT molecular complexity index is 816. The van der Waals surface area contributed by atoms with Crippen LogP contribution in [0, 0.1) is 6.92 Å². The highest BCUT2D eigenvalue weighted by Crippen LogP contribution is 2.17. The van der Waals surface area contributed by atoms with Gasteiger partial charge in [-0.05, 0) is 42.3 Å². The average Bonchev–Trinajstić information content (AvgIpc) is 2.91. The molecule has 0 spiro atoms. The van der Waals surface area contributed by atoms with Crippen molar-refractivity contribution in [2.45, 2.75) is 13.5 Å². The molecular formula is C19H17NO2. The summed E-state index contributed by atoms with van der Waals surface area (Å²) in [7, 11) is 0. The van der Waals surface area contributed by atoms with E-state index in [9.17, 15) is 4.79 Å². The number of esters is 1. The van der Waals surface area contributed by atoms with E-state index in [-0.39, 0.29) is 5.97 Å². The van der Waals surface area contributed by atoms with Gasteiger partial charge in [0, 0.05) is 22.7 Å². The van der Waals surface area contributed by atoms with Crippen LogP contribution in [0.25, 0.3) is 17.0 Å². The molecule has 0 saturated heterocycles. The zero-order valence-corrected chi connectivity index (χ0v) is 12.4. The molecule has 0 saturated carbocycles. The molecule has 22 heavy (non-hydrogen) atoms. The monoisotopic (exact) mass is 291 g/mol. The number of carbonyl (C=O) groups excluding carboxylic acids is 1. The summed E-state index contributed by atoms with van der Waals surface area (Å²) in [6.45, 7) is 2.32. The van der Waals surface area contributed by atoms with Crippen molar-refractivity contribution in [2.24, 2.45) is 0 Å². The Morgan fingerprint density at radius 1 is 1.14 bits per heavy atom. The van der Waals surface area contributed by atoms with E-state index in [4.69, 9.17) is 4.74 Å². The summed E-state index contributed by atoms with van der Waals surface area (Å²) in [5, 5.41) is 1.14. The molecule has 0 atom stereocenters. The number of hydrogen-bond acceptors (Lipinski definition) is 2. The quantitative estimate of drug-likeness (QED) is 0.577. The summed E-state index contributed by atoms with van der Waals surface area (Å²) in [4.78, 5) is 15.0. The second-order valence-corrected chi connectivity index (χ2v) is 5.23. The molecular weight excluding hydrogens is 274 g/mol. The number of aromatic nitrogens is 1. The van der Waals surface area contributed by atoms with Crippen LogP contribution >= 0.6 is 0 Å². The van der Waals surface area contributed by atoms with E-state index in [1.807, 2.05) is 55.5 Å². The lowest BCUT2D eigenvalue weighted by Gasteiger charge is -2.01. The molecule has 0 unspecified atom stereocenters. The molecule has 0 aliphatic carbocycles. The summed E-state index contributed by atoms with van der Waals surface area (Å²) in [6, 6.07) is 17.7. The highest BCUT2D eigenvalue weighted by Gasteiger charge is 2.00. The molecule has 0 amide bonds. The lowest BCUT2D eigenvalue weighted by Crippen LogP contribution is -2.00. The summed E-state index contributed by atoms with van der Waals surface area (Å²) in [6.07, 6.45) is 3.23. The number of ether oxygens (including phenoxy) is 1. The maximum absolute atomic E-state index is 11.7. The Labute approximate surface area is 129 Å². The van der Waals surface area contributed by atoms with Crippen LogP contribution in [0.2, 0.25) is 0 Å². The van der Waals surface area contributed by atoms with Gasteiger partial charge in [0.05, 0.1) is 0 Å². The van der Waals surface area contributed by atoms with Gasteiger partial charge in [-0.15, -0.1) is 0 Å². The largest absolute Gasteiger partial charge is 0.458 e. The van der Waals surface area contributed by atoms with Gasteiger partial charge >= 0.3 is 5.97 Å². The number of H-pyrrole nitrogens is 1. The van der Waals surface area contributed by atoms with E-state index >= 15 is 0 Å². The highest BCUT2D eigenvalue weighted by molar-refractivity contribution is 5.89. The van der Waals surface area contributed by atoms with Crippen LogP contribution in [0.4, 0.5) is 0 Å². The van der Waals surface area contributed by atoms with Crippen LogP contribution in [0.5, 0.6) is 0 Å². The molecule has 0 aliphatic heterocycles.